The topological polar surface area (TPSA) is 87.1 Å². The van der Waals surface area contributed by atoms with Gasteiger partial charge >= 0.3 is 5.97 Å². The Hall–Kier alpha value is -4.01. The first-order valence-corrected chi connectivity index (χ1v) is 11.7. The van der Waals surface area contributed by atoms with Gasteiger partial charge in [0.25, 0.3) is 11.8 Å². The number of ether oxygens (including phenoxy) is 1. The van der Waals surface area contributed by atoms with E-state index < -0.39 is 24.4 Å². The summed E-state index contributed by atoms with van der Waals surface area (Å²) in [6, 6.07) is 18.9. The third-order valence-corrected chi connectivity index (χ3v) is 6.29. The maximum Gasteiger partial charge on any atom is 0.341 e. The predicted octanol–water partition coefficient (Wildman–Crippen LogP) is 5.17. The lowest BCUT2D eigenvalue weighted by Crippen LogP contribution is -2.57. The second-order valence-corrected chi connectivity index (χ2v) is 8.87. The van der Waals surface area contributed by atoms with Crippen LogP contribution in [0.3, 0.4) is 0 Å². The van der Waals surface area contributed by atoms with Gasteiger partial charge in [0.15, 0.2) is 11.7 Å². The molecule has 1 aliphatic rings. The van der Waals surface area contributed by atoms with Crippen molar-refractivity contribution in [2.24, 2.45) is 0 Å². The summed E-state index contributed by atoms with van der Waals surface area (Å²) in [5.41, 5.74) is 3.44. The van der Waals surface area contributed by atoms with E-state index in [1.165, 1.54) is 28.0 Å². The Morgan fingerprint density at radius 1 is 0.944 bits per heavy atom. The number of carboxylic acids is 1. The zero-order chi connectivity index (χ0) is 26.0. The molecule has 4 rings (SSSR count). The van der Waals surface area contributed by atoms with Crippen LogP contribution >= 0.6 is 23.8 Å². The number of thiocarbonyl (C=S) groups is 1. The van der Waals surface area contributed by atoms with Crippen molar-refractivity contribution in [1.29, 1.82) is 0 Å². The third-order valence-electron chi connectivity index (χ3n) is 5.63. The number of halogens is 1. The number of rotatable bonds is 6. The number of nitrogens with zero attached hydrogens (tertiary/aromatic N) is 2. The fraction of sp³-hybridized carbons (Fsp3) is 0.111. The summed E-state index contributed by atoms with van der Waals surface area (Å²) in [5.74, 6) is -2.10. The largest absolute Gasteiger partial charge is 0.480 e. The minimum Gasteiger partial charge on any atom is -0.480 e. The summed E-state index contributed by atoms with van der Waals surface area (Å²) in [5, 5.41) is 9.00. The van der Waals surface area contributed by atoms with Crippen molar-refractivity contribution in [2.45, 2.75) is 13.8 Å². The van der Waals surface area contributed by atoms with Gasteiger partial charge in [0, 0.05) is 0 Å². The molecule has 9 heteroatoms. The summed E-state index contributed by atoms with van der Waals surface area (Å²) in [7, 11) is 0. The number of carboxylic acid groups (broad SMARTS) is 1. The molecular weight excluding hydrogens is 500 g/mol. The van der Waals surface area contributed by atoms with Gasteiger partial charge in [-0.2, -0.15) is 0 Å². The molecule has 0 radical (unpaired) electrons. The maximum atomic E-state index is 13.7. The summed E-state index contributed by atoms with van der Waals surface area (Å²) in [6.45, 7) is 3.35. The zero-order valence-corrected chi connectivity index (χ0v) is 21.0. The highest BCUT2D eigenvalue weighted by Gasteiger charge is 2.41. The number of amides is 2. The van der Waals surface area contributed by atoms with Gasteiger partial charge in [0.1, 0.15) is 11.3 Å². The molecule has 0 aliphatic carbocycles. The minimum absolute atomic E-state index is 0.0482. The molecular formula is C27H21ClN2O5S. The molecule has 3 aromatic carbocycles. The molecule has 7 nitrogen and oxygen atoms in total. The number of para-hydroxylation sites is 1. The average molecular weight is 521 g/mol. The van der Waals surface area contributed by atoms with Crippen molar-refractivity contribution in [2.75, 3.05) is 16.4 Å². The Labute approximate surface area is 218 Å². The van der Waals surface area contributed by atoms with E-state index in [2.05, 4.69) is 0 Å². The molecule has 36 heavy (non-hydrogen) atoms. The van der Waals surface area contributed by atoms with Gasteiger partial charge < -0.3 is 9.84 Å². The van der Waals surface area contributed by atoms with Crippen LogP contribution in [0.2, 0.25) is 5.02 Å². The first kappa shape index (κ1) is 25.1. The lowest BCUT2D eigenvalue weighted by Gasteiger charge is -2.36. The fourth-order valence-corrected chi connectivity index (χ4v) is 4.28. The predicted molar refractivity (Wildman–Crippen MR) is 142 cm³/mol. The number of carbonyl (C=O) groups is 3. The van der Waals surface area contributed by atoms with E-state index in [0.717, 1.165) is 11.1 Å². The van der Waals surface area contributed by atoms with Gasteiger partial charge in [-0.3, -0.25) is 19.4 Å². The molecule has 0 aromatic heterocycles. The van der Waals surface area contributed by atoms with Crippen molar-refractivity contribution in [3.8, 4) is 5.75 Å². The second-order valence-electron chi connectivity index (χ2n) is 8.10. The molecule has 2 amide bonds. The van der Waals surface area contributed by atoms with E-state index in [1.807, 2.05) is 32.0 Å². The van der Waals surface area contributed by atoms with E-state index in [0.29, 0.717) is 16.9 Å². The quantitative estimate of drug-likeness (QED) is 0.274. The number of hydrogen-bond acceptors (Lipinski definition) is 5. The van der Waals surface area contributed by atoms with E-state index in [1.54, 1.807) is 36.4 Å². The lowest BCUT2D eigenvalue weighted by atomic mass is 10.0. The standard InChI is InChI=1S/C27H21ClN2O5S/c1-16-8-10-20(12-17(16)2)30-26(34)21(25(33)29(27(30)36)19-6-4-3-5-7-19)13-18-9-11-23(22(28)14-18)35-15-24(31)32/h3-14H,15H2,1-2H3,(H,31,32)/b21-13-. The molecule has 0 atom stereocenters. The van der Waals surface area contributed by atoms with E-state index in [4.69, 9.17) is 33.7 Å². The van der Waals surface area contributed by atoms with Crippen LogP contribution in [0.15, 0.2) is 72.3 Å². The third kappa shape index (κ3) is 5.00. The maximum absolute atomic E-state index is 13.7. The number of hydrogen-bond donors (Lipinski definition) is 1. The van der Waals surface area contributed by atoms with Crippen LogP contribution in [-0.2, 0) is 14.4 Å². The molecule has 1 aliphatic heterocycles. The minimum atomic E-state index is -1.14. The van der Waals surface area contributed by atoms with Gasteiger partial charge in [-0.1, -0.05) is 41.9 Å². The first-order chi connectivity index (χ1) is 17.2. The summed E-state index contributed by atoms with van der Waals surface area (Å²) in [6.07, 6.45) is 1.43. The number of aliphatic carboxylic acids is 1. The summed E-state index contributed by atoms with van der Waals surface area (Å²) in [4.78, 5) is 40.7. The van der Waals surface area contributed by atoms with Crippen molar-refractivity contribution >= 4 is 64.2 Å². The molecule has 1 heterocycles. The van der Waals surface area contributed by atoms with Crippen LogP contribution in [0.1, 0.15) is 16.7 Å². The molecule has 0 unspecified atom stereocenters. The molecule has 0 bridgehead atoms. The van der Waals surface area contributed by atoms with Gasteiger partial charge in [0.2, 0.25) is 0 Å². The normalized spacial score (nSPS) is 15.0. The van der Waals surface area contributed by atoms with E-state index >= 15 is 0 Å². The highest BCUT2D eigenvalue weighted by Crippen LogP contribution is 2.32. The van der Waals surface area contributed by atoms with Gasteiger partial charge in [-0.05, 0) is 85.2 Å². The van der Waals surface area contributed by atoms with Crippen molar-refractivity contribution in [3.05, 3.63) is 94.0 Å². The van der Waals surface area contributed by atoms with Crippen LogP contribution in [0.25, 0.3) is 6.08 Å². The van der Waals surface area contributed by atoms with Crippen molar-refractivity contribution in [3.63, 3.8) is 0 Å². The van der Waals surface area contributed by atoms with Crippen molar-refractivity contribution in [1.82, 2.24) is 0 Å². The molecule has 3 aromatic rings. The molecule has 0 saturated carbocycles. The summed E-state index contributed by atoms with van der Waals surface area (Å²) >= 11 is 11.9. The second kappa shape index (κ2) is 10.3. The number of aryl methyl sites for hydroxylation is 2. The highest BCUT2D eigenvalue weighted by molar-refractivity contribution is 7.81. The van der Waals surface area contributed by atoms with Crippen LogP contribution in [-0.4, -0.2) is 34.6 Å². The van der Waals surface area contributed by atoms with Crippen LogP contribution < -0.4 is 14.5 Å². The van der Waals surface area contributed by atoms with E-state index in [9.17, 15) is 14.4 Å². The first-order valence-electron chi connectivity index (χ1n) is 10.9. The number of anilines is 2. The average Bonchev–Trinajstić information content (AvgIpc) is 2.84. The van der Waals surface area contributed by atoms with Crippen LogP contribution in [0.5, 0.6) is 5.75 Å². The lowest BCUT2D eigenvalue weighted by molar-refractivity contribution is -0.139. The summed E-state index contributed by atoms with van der Waals surface area (Å²) < 4.78 is 5.15. The Morgan fingerprint density at radius 3 is 2.22 bits per heavy atom. The van der Waals surface area contributed by atoms with Crippen LogP contribution in [0.4, 0.5) is 11.4 Å². The van der Waals surface area contributed by atoms with Gasteiger partial charge in [-0.15, -0.1) is 0 Å². The fourth-order valence-electron chi connectivity index (χ4n) is 3.66. The Kier molecular flexibility index (Phi) is 7.19. The van der Waals surface area contributed by atoms with Crippen molar-refractivity contribution < 1.29 is 24.2 Å². The Bertz CT molecular complexity index is 1420. The van der Waals surface area contributed by atoms with Gasteiger partial charge in [-0.25, -0.2) is 4.79 Å². The van der Waals surface area contributed by atoms with Gasteiger partial charge in [0.05, 0.1) is 16.4 Å². The molecule has 182 valence electrons. The number of carbonyl (C=O) groups excluding carboxylic acids is 2. The monoisotopic (exact) mass is 520 g/mol. The smallest absolute Gasteiger partial charge is 0.341 e. The van der Waals surface area contributed by atoms with Crippen LogP contribution in [0, 0.1) is 13.8 Å². The highest BCUT2D eigenvalue weighted by atomic mass is 35.5. The molecule has 1 saturated heterocycles. The van der Waals surface area contributed by atoms with E-state index in [-0.39, 0.29) is 21.5 Å². The number of benzene rings is 3. The zero-order valence-electron chi connectivity index (χ0n) is 19.4. The molecule has 1 N–H and O–H groups in total. The molecule has 1 fully saturated rings. The Morgan fingerprint density at radius 2 is 1.61 bits per heavy atom. The SMILES string of the molecule is Cc1ccc(N2C(=O)/C(=C\c3ccc(OCC(=O)O)c(Cl)c3)C(=O)N(c3ccccc3)C2=S)cc1C. The molecule has 0 spiro atoms. The Balaban J connectivity index is 1.80.